The average molecular weight is 1290 g/mol. The van der Waals surface area contributed by atoms with Gasteiger partial charge in [0.1, 0.15) is 11.6 Å². The van der Waals surface area contributed by atoms with E-state index in [-0.39, 0.29) is 23.5 Å². The first-order valence-electron chi connectivity index (χ1n) is 33.3. The Morgan fingerprint density at radius 1 is 0.284 bits per heavy atom. The van der Waals surface area contributed by atoms with Gasteiger partial charge in [-0.3, -0.25) is 0 Å². The summed E-state index contributed by atoms with van der Waals surface area (Å²) >= 11 is 5.92. The lowest BCUT2D eigenvalue weighted by molar-refractivity contribution is 0.597. The Labute approximate surface area is 579 Å². The fraction of sp³-hybridized carbons (Fsp3) is 0.341. The molecule has 7 heteroatoms. The van der Waals surface area contributed by atoms with E-state index in [1.807, 2.05) is 113 Å². The molecular formula is C88H107ClF2N4. The zero-order valence-electron chi connectivity index (χ0n) is 60.8. The van der Waals surface area contributed by atoms with Crippen molar-refractivity contribution in [2.45, 2.75) is 199 Å². The molecule has 9 aromatic rings. The second kappa shape index (κ2) is 46.2. The maximum Gasteiger partial charge on any atom is 0.127 e. The molecule has 0 bridgehead atoms. The monoisotopic (exact) mass is 1290 g/mol. The van der Waals surface area contributed by atoms with Crippen molar-refractivity contribution in [3.8, 4) is 24.3 Å². The molecule has 0 radical (unpaired) electrons. The van der Waals surface area contributed by atoms with Crippen LogP contribution in [0.2, 0.25) is 5.02 Å². The van der Waals surface area contributed by atoms with Crippen molar-refractivity contribution in [1.29, 1.82) is 21.0 Å². The van der Waals surface area contributed by atoms with Gasteiger partial charge in [-0.15, -0.1) is 0 Å². The molecule has 0 aliphatic rings. The molecule has 0 saturated carbocycles. The first-order valence-corrected chi connectivity index (χ1v) is 33.7. The van der Waals surface area contributed by atoms with Crippen molar-refractivity contribution in [1.82, 2.24) is 0 Å². The summed E-state index contributed by atoms with van der Waals surface area (Å²) in [6.45, 7) is 44.6. The third-order valence-corrected chi connectivity index (χ3v) is 15.4. The van der Waals surface area contributed by atoms with Crippen LogP contribution in [0.25, 0.3) is 0 Å². The first kappa shape index (κ1) is 84.1. The summed E-state index contributed by atoms with van der Waals surface area (Å²) in [6.07, 6.45) is 0. The van der Waals surface area contributed by atoms with Crippen molar-refractivity contribution in [2.75, 3.05) is 0 Å². The molecule has 4 nitrogen and oxygen atoms in total. The largest absolute Gasteiger partial charge is 0.207 e. The molecule has 0 atom stereocenters. The van der Waals surface area contributed by atoms with Gasteiger partial charge in [-0.25, -0.2) is 8.78 Å². The molecule has 9 aromatic carbocycles. The summed E-state index contributed by atoms with van der Waals surface area (Å²) in [4.78, 5) is 0. The van der Waals surface area contributed by atoms with Gasteiger partial charge >= 0.3 is 0 Å². The van der Waals surface area contributed by atoms with Gasteiger partial charge in [0, 0.05) is 10.6 Å². The Morgan fingerprint density at radius 3 is 0.947 bits per heavy atom. The van der Waals surface area contributed by atoms with E-state index in [9.17, 15) is 8.78 Å². The quantitative estimate of drug-likeness (QED) is 0.144. The van der Waals surface area contributed by atoms with E-state index in [0.29, 0.717) is 58.1 Å². The molecular weight excluding hydrogens is 1190 g/mol. The van der Waals surface area contributed by atoms with Crippen LogP contribution in [0.4, 0.5) is 8.78 Å². The van der Waals surface area contributed by atoms with E-state index in [1.54, 1.807) is 18.2 Å². The average Bonchev–Trinajstić information content (AvgIpc) is 1.05. The number of rotatable bonds is 9. The zero-order chi connectivity index (χ0) is 71.7. The van der Waals surface area contributed by atoms with Crippen LogP contribution in [-0.4, -0.2) is 0 Å². The van der Waals surface area contributed by atoms with Gasteiger partial charge in [0.15, 0.2) is 0 Å². The van der Waals surface area contributed by atoms with Crippen molar-refractivity contribution in [2.24, 2.45) is 0 Å². The number of halogens is 3. The molecule has 500 valence electrons. The summed E-state index contributed by atoms with van der Waals surface area (Å²) in [6, 6.07) is 77.0. The SMILES string of the molecule is CC(C)c1c(F)cccc1C#N.CC(C)c1ccc(C#N)cc1.CC(C)c1ccc(F)cc1C#N.CC(C)c1ccccc1.CC(C)c1ccccc1C#N.CC(C)c1ccccc1Cl.Cc1cccc(C(C)C)c1.Cc1cccc(C(C)C)c1.Cc1cccc(C(C)C)c1. The second-order valence-corrected chi connectivity index (χ2v) is 26.6. The maximum absolute atomic E-state index is 13.1. The lowest BCUT2D eigenvalue weighted by Crippen LogP contribution is -1.96. The Bertz CT molecular complexity index is 3660. The van der Waals surface area contributed by atoms with Crippen molar-refractivity contribution >= 4 is 11.6 Å². The minimum absolute atomic E-state index is 0.0563. The molecule has 0 unspecified atom stereocenters. The lowest BCUT2D eigenvalue weighted by Gasteiger charge is -2.07. The van der Waals surface area contributed by atoms with Gasteiger partial charge in [-0.1, -0.05) is 317 Å². The van der Waals surface area contributed by atoms with Crippen molar-refractivity contribution in [3.63, 3.8) is 0 Å². The lowest BCUT2D eigenvalue weighted by atomic mass is 9.97. The van der Waals surface area contributed by atoms with Gasteiger partial charge < -0.3 is 0 Å². The smallest absolute Gasteiger partial charge is 0.127 e. The van der Waals surface area contributed by atoms with Gasteiger partial charge in [0.2, 0.25) is 0 Å². The highest BCUT2D eigenvalue weighted by atomic mass is 35.5. The second-order valence-electron chi connectivity index (χ2n) is 26.2. The van der Waals surface area contributed by atoms with E-state index >= 15 is 0 Å². The topological polar surface area (TPSA) is 95.2 Å². The van der Waals surface area contributed by atoms with E-state index in [1.165, 1.54) is 68.3 Å². The van der Waals surface area contributed by atoms with Crippen LogP contribution in [-0.2, 0) is 0 Å². The van der Waals surface area contributed by atoms with Crippen LogP contribution >= 0.6 is 11.6 Å². The highest BCUT2D eigenvalue weighted by Crippen LogP contribution is 2.25. The number of nitrogens with zero attached hydrogens (tertiary/aromatic N) is 4. The third-order valence-electron chi connectivity index (χ3n) is 15.0. The van der Waals surface area contributed by atoms with Crippen LogP contribution in [0.3, 0.4) is 0 Å². The molecule has 0 heterocycles. The molecule has 0 aliphatic heterocycles. The van der Waals surface area contributed by atoms with Gasteiger partial charge in [-0.05, 0) is 167 Å². The highest BCUT2D eigenvalue weighted by Gasteiger charge is 2.11. The fourth-order valence-corrected chi connectivity index (χ4v) is 9.62. The number of hydrogen-bond donors (Lipinski definition) is 0. The Hall–Kier alpha value is -8.91. The molecule has 0 aliphatic carbocycles. The molecule has 0 saturated heterocycles. The zero-order valence-corrected chi connectivity index (χ0v) is 61.6. The van der Waals surface area contributed by atoms with E-state index < -0.39 is 0 Å². The first-order chi connectivity index (χ1) is 44.9. The summed E-state index contributed by atoms with van der Waals surface area (Å²) in [5, 5.41) is 35.5. The van der Waals surface area contributed by atoms with E-state index in [0.717, 1.165) is 27.3 Å². The predicted octanol–water partition coefficient (Wildman–Crippen LogP) is 26.6. The van der Waals surface area contributed by atoms with Crippen LogP contribution in [0.5, 0.6) is 0 Å². The van der Waals surface area contributed by atoms with Crippen LogP contribution in [0, 0.1) is 77.7 Å². The van der Waals surface area contributed by atoms with Crippen molar-refractivity contribution in [3.05, 3.63) is 318 Å². The standard InChI is InChI=1S/2C10H10FN.2C10H11N.3C10H14.C9H11Cl.C9H12/c1-7(2)10-4-3-9(11)5-8(10)6-12;1-7(2)10-8(6-12)4-3-5-9(10)11;1-8(2)10-5-3-9(7-11)4-6-10;1-8(2)10-6-4-3-5-9(10)7-11;3*1-8(2)10-6-4-5-9(3)7-10;1-7(2)8-5-3-4-6-9(8)10;1-8(2)9-6-4-3-5-7-9/h2*3-5,7H,1-2H3;2*3-6,8H,1-2H3;3*4-8H,1-3H3;3-7H,1-2H3;3-8H,1-2H3. The summed E-state index contributed by atoms with van der Waals surface area (Å²) in [5.41, 5.74) is 17.2. The Balaban J connectivity index is 0.000000535. The molecule has 95 heavy (non-hydrogen) atoms. The van der Waals surface area contributed by atoms with E-state index in [2.05, 4.69) is 233 Å². The molecule has 0 amide bonds. The summed E-state index contributed by atoms with van der Waals surface area (Å²) < 4.78 is 25.8. The maximum atomic E-state index is 13.1. The molecule has 0 aromatic heterocycles. The van der Waals surface area contributed by atoms with Gasteiger partial charge in [0.25, 0.3) is 0 Å². The molecule has 0 fully saturated rings. The minimum Gasteiger partial charge on any atom is -0.207 e. The Kier molecular flexibility index (Phi) is 40.9. The van der Waals surface area contributed by atoms with Gasteiger partial charge in [0.05, 0.1) is 46.5 Å². The summed E-state index contributed by atoms with van der Waals surface area (Å²) in [7, 11) is 0. The van der Waals surface area contributed by atoms with Crippen LogP contribution in [0.15, 0.2) is 212 Å². The predicted molar refractivity (Wildman–Crippen MR) is 403 cm³/mol. The van der Waals surface area contributed by atoms with Crippen LogP contribution < -0.4 is 0 Å². The fourth-order valence-electron chi connectivity index (χ4n) is 9.26. The van der Waals surface area contributed by atoms with Gasteiger partial charge in [-0.2, -0.15) is 21.0 Å². The summed E-state index contributed by atoms with van der Waals surface area (Å²) in [5.74, 6) is 3.80. The Morgan fingerprint density at radius 2 is 0.632 bits per heavy atom. The van der Waals surface area contributed by atoms with Crippen molar-refractivity contribution < 1.29 is 8.78 Å². The minimum atomic E-state index is -0.351. The molecule has 0 N–H and O–H groups in total. The number of nitriles is 4. The third kappa shape index (κ3) is 33.7. The number of benzene rings is 9. The molecule has 9 rings (SSSR count). The number of aryl methyl sites for hydroxylation is 3. The highest BCUT2D eigenvalue weighted by molar-refractivity contribution is 6.31. The van der Waals surface area contributed by atoms with E-state index in [4.69, 9.17) is 32.6 Å². The normalized spacial score (nSPS) is 10.1. The number of hydrogen-bond acceptors (Lipinski definition) is 4. The van der Waals surface area contributed by atoms with Crippen LogP contribution in [0.1, 0.15) is 267 Å². The molecule has 0 spiro atoms.